The van der Waals surface area contributed by atoms with Crippen molar-refractivity contribution in [2.75, 3.05) is 86.5 Å². The average molecular weight is 1010 g/mol. The zero-order valence-corrected chi connectivity index (χ0v) is 43.5. The number of carbonyl (C=O) groups is 9. The van der Waals surface area contributed by atoms with E-state index in [-0.39, 0.29) is 49.7 Å². The predicted octanol–water partition coefficient (Wildman–Crippen LogP) is -2.59. The Morgan fingerprint density at radius 3 is 1.77 bits per heavy atom. The highest BCUT2D eigenvalue weighted by molar-refractivity contribution is 5.97. The summed E-state index contributed by atoms with van der Waals surface area (Å²) in [7, 11) is 3.40. The molecule has 1 aliphatic rings. The predicted molar refractivity (Wildman–Crippen MR) is 266 cm³/mol. The first-order chi connectivity index (χ1) is 33.8. The molecule has 71 heavy (non-hydrogen) atoms. The molecule has 8 atom stereocenters. The number of nitrogens with one attached hydrogen (secondary N) is 9. The number of primary amides is 1. The number of likely N-dealkylation sites (N-methyl/N-ethyl adjacent to an activating group) is 2. The van der Waals surface area contributed by atoms with Crippen LogP contribution in [0.1, 0.15) is 106 Å². The van der Waals surface area contributed by atoms with E-state index >= 15 is 0 Å². The van der Waals surface area contributed by atoms with Gasteiger partial charge in [-0.1, -0.05) is 40.5 Å². The summed E-state index contributed by atoms with van der Waals surface area (Å²) in [4.78, 5) is 118. The summed E-state index contributed by atoms with van der Waals surface area (Å²) >= 11 is 0. The lowest BCUT2D eigenvalue weighted by molar-refractivity contribution is -0.143. The Bertz CT molecular complexity index is 1660. The highest BCUT2D eigenvalue weighted by Crippen LogP contribution is 2.22. The summed E-state index contributed by atoms with van der Waals surface area (Å²) in [6.45, 7) is 13.8. The molecule has 0 saturated carbocycles. The van der Waals surface area contributed by atoms with Crippen LogP contribution in [0.25, 0.3) is 0 Å². The number of rotatable bonds is 39. The third-order valence-electron chi connectivity index (χ3n) is 12.1. The third-order valence-corrected chi connectivity index (χ3v) is 12.1. The van der Waals surface area contributed by atoms with Crippen molar-refractivity contribution in [3.63, 3.8) is 0 Å². The Labute approximate surface area is 420 Å². The molecule has 0 spiro atoms. The molecule has 0 aliphatic carbocycles. The van der Waals surface area contributed by atoms with Crippen molar-refractivity contribution in [3.8, 4) is 0 Å². The lowest BCUT2D eigenvalue weighted by atomic mass is 9.97. The monoisotopic (exact) mass is 1010 g/mol. The second kappa shape index (κ2) is 36.8. The number of amides is 9. The molecule has 0 radical (unpaired) electrons. The van der Waals surface area contributed by atoms with E-state index in [2.05, 4.69) is 47.9 Å². The SMILES string of the molecule is CC[C@H](C)C(NC(=O)[C@@H]1CCCN1C(=O)C(NC(=O)[C@H](C)NC)C(C)C)C(=O)N[C@@H](C)C(=O)N[C@@H](CCC(N)=O)C(=O)NCC(=O)NCCCOCCOCCOCCCNC(=O)[C@H](CCCCN)NC. The first-order valence-corrected chi connectivity index (χ1v) is 25.2. The molecule has 0 aromatic rings. The summed E-state index contributed by atoms with van der Waals surface area (Å²) in [5, 5.41) is 24.6. The van der Waals surface area contributed by atoms with Gasteiger partial charge in [0.25, 0.3) is 0 Å². The summed E-state index contributed by atoms with van der Waals surface area (Å²) in [5.41, 5.74) is 10.8. The Morgan fingerprint density at radius 1 is 0.620 bits per heavy atom. The van der Waals surface area contributed by atoms with Crippen LogP contribution in [0.5, 0.6) is 0 Å². The van der Waals surface area contributed by atoms with E-state index in [0.717, 1.165) is 19.3 Å². The molecule has 9 amide bonds. The van der Waals surface area contributed by atoms with Crippen LogP contribution in [0.3, 0.4) is 0 Å². The first-order valence-electron chi connectivity index (χ1n) is 25.2. The zero-order chi connectivity index (χ0) is 53.3. The van der Waals surface area contributed by atoms with Crippen LogP contribution in [0, 0.1) is 11.8 Å². The Balaban J connectivity index is 2.54. The van der Waals surface area contributed by atoms with Gasteiger partial charge in [0.05, 0.1) is 45.1 Å². The van der Waals surface area contributed by atoms with Gasteiger partial charge in [-0.2, -0.15) is 0 Å². The van der Waals surface area contributed by atoms with Crippen LogP contribution >= 0.6 is 0 Å². The van der Waals surface area contributed by atoms with E-state index in [4.69, 9.17) is 25.7 Å². The quantitative estimate of drug-likeness (QED) is 0.0282. The van der Waals surface area contributed by atoms with Crippen LogP contribution in [0.2, 0.25) is 0 Å². The molecule has 1 fully saturated rings. The van der Waals surface area contributed by atoms with Crippen LogP contribution in [0.4, 0.5) is 0 Å². The van der Waals surface area contributed by atoms with Gasteiger partial charge < -0.3 is 78.4 Å². The van der Waals surface area contributed by atoms with Gasteiger partial charge in [0.2, 0.25) is 53.2 Å². The van der Waals surface area contributed by atoms with Crippen LogP contribution in [-0.2, 0) is 57.4 Å². The van der Waals surface area contributed by atoms with Gasteiger partial charge in [-0.15, -0.1) is 0 Å². The molecule has 2 unspecified atom stereocenters. The number of likely N-dealkylation sites (tertiary alicyclic amines) is 1. The number of unbranched alkanes of at least 4 members (excludes halogenated alkanes) is 1. The first kappa shape index (κ1) is 64.0. The van der Waals surface area contributed by atoms with Gasteiger partial charge in [0.1, 0.15) is 30.2 Å². The molecule has 0 bridgehead atoms. The fourth-order valence-electron chi connectivity index (χ4n) is 7.28. The van der Waals surface area contributed by atoms with Crippen molar-refractivity contribution in [1.82, 2.24) is 52.8 Å². The number of hydrogen-bond donors (Lipinski definition) is 11. The number of ether oxygens (including phenoxy) is 3. The maximum Gasteiger partial charge on any atom is 0.246 e. The van der Waals surface area contributed by atoms with Gasteiger partial charge in [0.15, 0.2) is 0 Å². The van der Waals surface area contributed by atoms with Crippen LogP contribution < -0.4 is 59.3 Å². The maximum atomic E-state index is 13.8. The lowest BCUT2D eigenvalue weighted by Crippen LogP contribution is -2.60. The Kier molecular flexibility index (Phi) is 33.2. The second-order valence-electron chi connectivity index (χ2n) is 18.1. The van der Waals surface area contributed by atoms with E-state index in [1.807, 2.05) is 6.92 Å². The van der Waals surface area contributed by atoms with Gasteiger partial charge in [-0.25, -0.2) is 0 Å². The van der Waals surface area contributed by atoms with E-state index in [9.17, 15) is 43.2 Å². The number of nitrogens with two attached hydrogens (primary N) is 2. The van der Waals surface area contributed by atoms with Crippen LogP contribution in [0.15, 0.2) is 0 Å². The molecule has 1 heterocycles. The van der Waals surface area contributed by atoms with E-state index in [1.54, 1.807) is 41.8 Å². The molecule has 0 aromatic carbocycles. The van der Waals surface area contributed by atoms with E-state index in [1.165, 1.54) is 11.8 Å². The maximum absolute atomic E-state index is 13.8. The average Bonchev–Trinajstić information content (AvgIpc) is 3.84. The van der Waals surface area contributed by atoms with Crippen molar-refractivity contribution in [1.29, 1.82) is 0 Å². The summed E-state index contributed by atoms with van der Waals surface area (Å²) < 4.78 is 16.6. The number of hydrogen-bond acceptors (Lipinski definition) is 15. The minimum atomic E-state index is -1.28. The standard InChI is InChI=1S/C47H88N12O12/c1-9-31(4)40(58-45(66)36-16-12-22-59(36)47(68)39(30(2)3)57-41(62)32(5)50-7)46(67)55-33(6)42(63)56-35(17-18-37(49)60)44(65)54-29-38(61)52-20-13-23-69-25-27-71-28-26-70-24-14-21-53-43(64)34(51-8)15-10-11-19-48/h30-36,39-40,50-51H,9-29,48H2,1-8H3,(H2,49,60)(H,52,61)(H,53,64)(H,54,65)(H,55,67)(H,56,63)(H,57,62)(H,58,66)/t31-,32-,33-,34-,35-,36-,39?,40?/m0/s1. The van der Waals surface area contributed by atoms with Crippen molar-refractivity contribution in [2.24, 2.45) is 23.3 Å². The molecule has 408 valence electrons. The fourth-order valence-corrected chi connectivity index (χ4v) is 7.28. The fraction of sp³-hybridized carbons (Fsp3) is 0.809. The highest BCUT2D eigenvalue weighted by Gasteiger charge is 2.41. The summed E-state index contributed by atoms with van der Waals surface area (Å²) in [6, 6.07) is -6.13. The molecule has 24 heteroatoms. The number of nitrogens with zero attached hydrogens (tertiary/aromatic N) is 1. The number of carbonyl (C=O) groups excluding carboxylic acids is 9. The zero-order valence-electron chi connectivity index (χ0n) is 43.5. The smallest absolute Gasteiger partial charge is 0.246 e. The topological polar surface area (TPSA) is 345 Å². The Hall–Kier alpha value is -5.01. The minimum absolute atomic E-state index is 0.0322. The van der Waals surface area contributed by atoms with E-state index in [0.29, 0.717) is 84.8 Å². The molecule has 24 nitrogen and oxygen atoms in total. The van der Waals surface area contributed by atoms with Crippen molar-refractivity contribution >= 4 is 53.2 Å². The van der Waals surface area contributed by atoms with E-state index < -0.39 is 90.1 Å². The second-order valence-corrected chi connectivity index (χ2v) is 18.1. The highest BCUT2D eigenvalue weighted by atomic mass is 16.5. The van der Waals surface area contributed by atoms with Crippen molar-refractivity contribution in [2.45, 2.75) is 148 Å². The minimum Gasteiger partial charge on any atom is -0.379 e. The third kappa shape index (κ3) is 25.8. The molecule has 0 aromatic heterocycles. The van der Waals surface area contributed by atoms with Gasteiger partial charge >= 0.3 is 0 Å². The molecule has 13 N–H and O–H groups in total. The molecular formula is C47H88N12O12. The van der Waals surface area contributed by atoms with Gasteiger partial charge in [0, 0.05) is 39.3 Å². The van der Waals surface area contributed by atoms with Crippen molar-refractivity contribution in [3.05, 3.63) is 0 Å². The summed E-state index contributed by atoms with van der Waals surface area (Å²) in [5.74, 6) is -5.43. The van der Waals surface area contributed by atoms with Gasteiger partial charge in [-0.3, -0.25) is 43.2 Å². The van der Waals surface area contributed by atoms with Crippen LogP contribution in [-0.4, -0.2) is 187 Å². The molecule has 1 saturated heterocycles. The molecule has 1 aliphatic heterocycles. The van der Waals surface area contributed by atoms with Crippen molar-refractivity contribution < 1.29 is 57.4 Å². The van der Waals surface area contributed by atoms with Gasteiger partial charge in [-0.05, 0) is 91.3 Å². The molecule has 1 rings (SSSR count). The lowest BCUT2D eigenvalue weighted by Gasteiger charge is -2.32. The summed E-state index contributed by atoms with van der Waals surface area (Å²) in [6.07, 6.45) is 4.59. The Morgan fingerprint density at radius 2 is 1.21 bits per heavy atom. The molecular weight excluding hydrogens is 925 g/mol. The normalized spacial score (nSPS) is 16.4. The largest absolute Gasteiger partial charge is 0.379 e.